The number of nitrogens with one attached hydrogen (secondary N) is 1. The molecule has 0 fully saturated rings. The number of amides is 1. The van der Waals surface area contributed by atoms with Gasteiger partial charge in [0.05, 0.1) is 15.1 Å². The third-order valence-electron chi connectivity index (χ3n) is 2.71. The summed E-state index contributed by atoms with van der Waals surface area (Å²) in [6.07, 6.45) is -3.35. The summed E-state index contributed by atoms with van der Waals surface area (Å²) in [7, 11) is 0. The normalized spacial score (nSPS) is 18.1. The van der Waals surface area contributed by atoms with Gasteiger partial charge in [0.15, 0.2) is 5.50 Å². The number of carbonyl (C=O) groups is 1. The van der Waals surface area contributed by atoms with Crippen LogP contribution < -0.4 is 10.2 Å². The van der Waals surface area contributed by atoms with Crippen molar-refractivity contribution >= 4 is 46.1 Å². The quantitative estimate of drug-likeness (QED) is 0.697. The number of rotatable bonds is 3. The maximum absolute atomic E-state index is 12.8. The molecule has 1 unspecified atom stereocenters. The number of carbonyl (C=O) groups excluding carboxylic acids is 1. The van der Waals surface area contributed by atoms with E-state index in [1.807, 2.05) is 0 Å². The lowest BCUT2D eigenvalue weighted by Crippen LogP contribution is -2.42. The van der Waals surface area contributed by atoms with Crippen LogP contribution in [0.3, 0.4) is 0 Å². The zero-order valence-corrected chi connectivity index (χ0v) is 14.3. The van der Waals surface area contributed by atoms with Crippen LogP contribution in [0.15, 0.2) is 33.4 Å². The summed E-state index contributed by atoms with van der Waals surface area (Å²) in [5.74, 6) is 0. The third kappa shape index (κ3) is 4.22. The summed E-state index contributed by atoms with van der Waals surface area (Å²) in [6.45, 7) is 1.89. The summed E-state index contributed by atoms with van der Waals surface area (Å²) in [5, 5.41) is 2.61. The first kappa shape index (κ1) is 17.3. The van der Waals surface area contributed by atoms with E-state index in [0.717, 1.165) is 15.0 Å². The molecule has 2 rings (SSSR count). The van der Waals surface area contributed by atoms with Gasteiger partial charge in [0.1, 0.15) is 0 Å². The van der Waals surface area contributed by atoms with E-state index in [1.165, 1.54) is 17.8 Å². The van der Waals surface area contributed by atoms with Gasteiger partial charge in [-0.05, 0) is 47.7 Å². The summed E-state index contributed by atoms with van der Waals surface area (Å²) in [4.78, 5) is 13.1. The summed E-state index contributed by atoms with van der Waals surface area (Å²) in [6, 6.07) is 4.95. The van der Waals surface area contributed by atoms with Crippen molar-refractivity contribution in [1.82, 2.24) is 5.32 Å². The number of ether oxygens (including phenoxy) is 1. The largest absolute Gasteiger partial charge is 0.450 e. The first-order chi connectivity index (χ1) is 10.3. The molecule has 1 heterocycles. The Morgan fingerprint density at radius 3 is 2.86 bits per heavy atom. The van der Waals surface area contributed by atoms with Crippen LogP contribution in [0.4, 0.5) is 23.7 Å². The highest BCUT2D eigenvalue weighted by Gasteiger charge is 2.33. The summed E-state index contributed by atoms with van der Waals surface area (Å²) in [5.41, 5.74) is -0.939. The number of hydrogen-bond acceptors (Lipinski definition) is 4. The number of thioether (sulfide) groups is 1. The SMILES string of the molecule is CCOC(=O)NC1SC(I)=CN1c1cccc(C(F)(F)F)c1. The number of alkyl halides is 3. The maximum atomic E-state index is 12.8. The van der Waals surface area contributed by atoms with Crippen LogP contribution in [-0.2, 0) is 10.9 Å². The Balaban J connectivity index is 2.23. The Kier molecular flexibility index (Phi) is 5.48. The summed E-state index contributed by atoms with van der Waals surface area (Å²) >= 11 is 3.37. The lowest BCUT2D eigenvalue weighted by atomic mass is 10.2. The molecule has 1 N–H and O–H groups in total. The highest BCUT2D eigenvalue weighted by Crippen LogP contribution is 2.40. The molecule has 1 aromatic rings. The molecule has 0 saturated heterocycles. The van der Waals surface area contributed by atoms with Crippen LogP contribution in [0.2, 0.25) is 0 Å². The van der Waals surface area contributed by atoms with Gasteiger partial charge in [-0.3, -0.25) is 5.32 Å². The van der Waals surface area contributed by atoms with Crippen LogP contribution in [0.5, 0.6) is 0 Å². The van der Waals surface area contributed by atoms with E-state index >= 15 is 0 Å². The van der Waals surface area contributed by atoms with Crippen LogP contribution in [0, 0.1) is 0 Å². The molecule has 1 aliphatic heterocycles. The van der Waals surface area contributed by atoms with Gasteiger partial charge >= 0.3 is 12.3 Å². The molecule has 0 bridgehead atoms. The molecule has 0 radical (unpaired) electrons. The number of halogens is 4. The van der Waals surface area contributed by atoms with Crippen molar-refractivity contribution < 1.29 is 22.7 Å². The number of anilines is 1. The van der Waals surface area contributed by atoms with Gasteiger partial charge in [-0.1, -0.05) is 17.8 Å². The Morgan fingerprint density at radius 2 is 2.23 bits per heavy atom. The van der Waals surface area contributed by atoms with E-state index in [9.17, 15) is 18.0 Å². The first-order valence-corrected chi connectivity index (χ1v) is 8.20. The molecule has 0 aromatic heterocycles. The van der Waals surface area contributed by atoms with Crippen LogP contribution in [-0.4, -0.2) is 18.2 Å². The Hall–Kier alpha value is -1.10. The van der Waals surface area contributed by atoms with Crippen molar-refractivity contribution in [2.75, 3.05) is 11.5 Å². The second kappa shape index (κ2) is 6.99. The predicted octanol–water partition coefficient (Wildman–Crippen LogP) is 4.52. The average Bonchev–Trinajstić information content (AvgIpc) is 2.79. The second-order valence-corrected chi connectivity index (χ2v) is 7.24. The van der Waals surface area contributed by atoms with Crippen molar-refractivity contribution in [2.24, 2.45) is 0 Å². The highest BCUT2D eigenvalue weighted by atomic mass is 127. The third-order valence-corrected chi connectivity index (χ3v) is 4.65. The van der Waals surface area contributed by atoms with Gasteiger partial charge in [-0.25, -0.2) is 4.79 Å². The van der Waals surface area contributed by atoms with Gasteiger partial charge in [0.2, 0.25) is 0 Å². The molecule has 0 spiro atoms. The van der Waals surface area contributed by atoms with Gasteiger partial charge in [0.25, 0.3) is 0 Å². The Bertz CT molecular complexity index is 595. The van der Waals surface area contributed by atoms with Crippen LogP contribution in [0.1, 0.15) is 12.5 Å². The van der Waals surface area contributed by atoms with E-state index in [1.54, 1.807) is 24.1 Å². The minimum atomic E-state index is -4.41. The Labute approximate surface area is 143 Å². The van der Waals surface area contributed by atoms with Crippen molar-refractivity contribution in [1.29, 1.82) is 0 Å². The van der Waals surface area contributed by atoms with Gasteiger partial charge in [0, 0.05) is 11.9 Å². The average molecular weight is 444 g/mol. The topological polar surface area (TPSA) is 41.6 Å². The highest BCUT2D eigenvalue weighted by molar-refractivity contribution is 14.1. The zero-order valence-electron chi connectivity index (χ0n) is 11.4. The lowest BCUT2D eigenvalue weighted by Gasteiger charge is -2.25. The van der Waals surface area contributed by atoms with Crippen molar-refractivity contribution in [2.45, 2.75) is 18.6 Å². The molecule has 0 saturated carbocycles. The predicted molar refractivity (Wildman–Crippen MR) is 87.6 cm³/mol. The molecule has 9 heteroatoms. The molecule has 1 amide bonds. The van der Waals surface area contributed by atoms with Crippen LogP contribution in [0.25, 0.3) is 0 Å². The fourth-order valence-corrected chi connectivity index (χ4v) is 3.66. The van der Waals surface area contributed by atoms with E-state index in [2.05, 4.69) is 27.9 Å². The van der Waals surface area contributed by atoms with E-state index in [-0.39, 0.29) is 6.61 Å². The smallest absolute Gasteiger partial charge is 0.416 e. The van der Waals surface area contributed by atoms with Crippen molar-refractivity contribution in [3.63, 3.8) is 0 Å². The molecule has 1 aromatic carbocycles. The van der Waals surface area contributed by atoms with E-state index in [0.29, 0.717) is 5.69 Å². The van der Waals surface area contributed by atoms with Gasteiger partial charge in [-0.2, -0.15) is 13.2 Å². The van der Waals surface area contributed by atoms with Gasteiger partial charge in [-0.15, -0.1) is 0 Å². The van der Waals surface area contributed by atoms with Gasteiger partial charge < -0.3 is 9.64 Å². The Morgan fingerprint density at radius 1 is 1.50 bits per heavy atom. The standard InChI is InChI=1S/C13H12F3IN2O2S/c1-2-21-12(20)18-11-19(7-10(17)22-11)9-5-3-4-8(6-9)13(14,15)16/h3-7,11H,2H2,1H3,(H,18,20). The molecule has 22 heavy (non-hydrogen) atoms. The second-order valence-electron chi connectivity index (χ2n) is 4.22. The fraction of sp³-hybridized carbons (Fsp3) is 0.308. The van der Waals surface area contributed by atoms with Crippen molar-refractivity contribution in [3.8, 4) is 0 Å². The molecular formula is C13H12F3IN2O2S. The van der Waals surface area contributed by atoms with E-state index in [4.69, 9.17) is 4.74 Å². The molecule has 1 atom stereocenters. The fourth-order valence-electron chi connectivity index (χ4n) is 1.80. The minimum Gasteiger partial charge on any atom is -0.450 e. The van der Waals surface area contributed by atoms with E-state index < -0.39 is 23.3 Å². The number of benzene rings is 1. The zero-order chi connectivity index (χ0) is 16.3. The molecule has 4 nitrogen and oxygen atoms in total. The molecular weight excluding hydrogens is 432 g/mol. The minimum absolute atomic E-state index is 0.220. The monoisotopic (exact) mass is 444 g/mol. The summed E-state index contributed by atoms with van der Waals surface area (Å²) < 4.78 is 44.1. The molecule has 0 aliphatic carbocycles. The molecule has 1 aliphatic rings. The number of hydrogen-bond donors (Lipinski definition) is 1. The maximum Gasteiger partial charge on any atom is 0.416 e. The van der Waals surface area contributed by atoms with Crippen LogP contribution >= 0.6 is 34.4 Å². The first-order valence-electron chi connectivity index (χ1n) is 6.24. The molecule has 120 valence electrons. The number of alkyl carbamates (subject to hydrolysis) is 1. The number of nitrogens with zero attached hydrogens (tertiary/aromatic N) is 1. The van der Waals surface area contributed by atoms with Crippen molar-refractivity contribution in [3.05, 3.63) is 38.9 Å². The lowest BCUT2D eigenvalue weighted by molar-refractivity contribution is -0.137.